The molecule has 8 heteroatoms. The molecular weight excluding hydrogens is 298 g/mol. The molecule has 3 heterocycles. The highest BCUT2D eigenvalue weighted by atomic mass is 16.5. The molecular formula is C15H21N5O3. The zero-order valence-corrected chi connectivity index (χ0v) is 13.4. The number of ether oxygens (including phenoxy) is 1. The molecule has 1 N–H and O–H groups in total. The second kappa shape index (κ2) is 6.93. The van der Waals surface area contributed by atoms with Crippen molar-refractivity contribution in [1.29, 1.82) is 0 Å². The molecule has 1 amide bonds. The van der Waals surface area contributed by atoms with Gasteiger partial charge in [0.25, 0.3) is 5.91 Å². The van der Waals surface area contributed by atoms with Crippen LogP contribution in [-0.2, 0) is 11.3 Å². The summed E-state index contributed by atoms with van der Waals surface area (Å²) in [5.41, 5.74) is 0.479. The van der Waals surface area contributed by atoms with E-state index in [0.717, 1.165) is 32.1 Å². The molecule has 2 aromatic rings. The van der Waals surface area contributed by atoms with Crippen LogP contribution in [0.4, 0.5) is 5.82 Å². The van der Waals surface area contributed by atoms with Crippen LogP contribution in [-0.4, -0.2) is 52.1 Å². The van der Waals surface area contributed by atoms with E-state index in [-0.39, 0.29) is 11.9 Å². The first-order valence-corrected chi connectivity index (χ1v) is 7.72. The zero-order chi connectivity index (χ0) is 16.2. The Balaban J connectivity index is 1.59. The van der Waals surface area contributed by atoms with E-state index in [1.54, 1.807) is 10.9 Å². The standard InChI is InChI=1S/C15H21N5O3/c1-11(2)20-16-8-14(18-20)17-15(21)12-7-13(23-10-12)9-19-3-5-22-6-4-19/h7-8,10-11H,3-6,9H2,1-2H3,(H,17,18,21). The van der Waals surface area contributed by atoms with Gasteiger partial charge >= 0.3 is 0 Å². The molecule has 0 unspecified atom stereocenters. The van der Waals surface area contributed by atoms with Gasteiger partial charge in [-0.25, -0.2) is 0 Å². The molecule has 0 aromatic carbocycles. The van der Waals surface area contributed by atoms with Crippen LogP contribution >= 0.6 is 0 Å². The Hall–Kier alpha value is -2.19. The third-order valence-corrected chi connectivity index (χ3v) is 3.61. The number of hydrogen-bond donors (Lipinski definition) is 1. The number of nitrogens with zero attached hydrogens (tertiary/aromatic N) is 4. The number of anilines is 1. The predicted octanol–water partition coefficient (Wildman–Crippen LogP) is 1.54. The maximum absolute atomic E-state index is 12.2. The highest BCUT2D eigenvalue weighted by molar-refractivity contribution is 6.03. The van der Waals surface area contributed by atoms with Gasteiger partial charge in [-0.15, -0.1) is 5.10 Å². The highest BCUT2D eigenvalue weighted by Crippen LogP contribution is 2.14. The fourth-order valence-corrected chi connectivity index (χ4v) is 2.33. The second-order valence-corrected chi connectivity index (χ2v) is 5.79. The van der Waals surface area contributed by atoms with Crippen molar-refractivity contribution in [2.75, 3.05) is 31.6 Å². The molecule has 1 aliphatic heterocycles. The quantitative estimate of drug-likeness (QED) is 0.899. The average molecular weight is 319 g/mol. The van der Waals surface area contributed by atoms with Crippen LogP contribution in [0.25, 0.3) is 0 Å². The van der Waals surface area contributed by atoms with E-state index in [1.165, 1.54) is 12.5 Å². The monoisotopic (exact) mass is 319 g/mol. The molecule has 0 spiro atoms. The normalized spacial score (nSPS) is 16.0. The van der Waals surface area contributed by atoms with Crippen molar-refractivity contribution in [3.8, 4) is 0 Å². The largest absolute Gasteiger partial charge is 0.467 e. The first-order valence-electron chi connectivity index (χ1n) is 7.72. The summed E-state index contributed by atoms with van der Waals surface area (Å²) in [6.45, 7) is 7.85. The van der Waals surface area contributed by atoms with E-state index in [4.69, 9.17) is 9.15 Å². The lowest BCUT2D eigenvalue weighted by Gasteiger charge is -2.25. The SMILES string of the molecule is CC(C)n1ncc(NC(=O)c2coc(CN3CCOCC3)c2)n1. The van der Waals surface area contributed by atoms with E-state index in [9.17, 15) is 4.79 Å². The van der Waals surface area contributed by atoms with Crippen molar-refractivity contribution in [2.24, 2.45) is 0 Å². The zero-order valence-electron chi connectivity index (χ0n) is 13.4. The van der Waals surface area contributed by atoms with Gasteiger partial charge in [0, 0.05) is 13.1 Å². The van der Waals surface area contributed by atoms with Gasteiger partial charge in [0.1, 0.15) is 12.0 Å². The first-order chi connectivity index (χ1) is 11.1. The van der Waals surface area contributed by atoms with Crippen LogP contribution in [0.15, 0.2) is 22.9 Å². The number of morpholine rings is 1. The van der Waals surface area contributed by atoms with E-state index < -0.39 is 0 Å². The first kappa shape index (κ1) is 15.7. The summed E-state index contributed by atoms with van der Waals surface area (Å²) in [5.74, 6) is 0.945. The lowest BCUT2D eigenvalue weighted by Crippen LogP contribution is -2.35. The molecule has 1 aliphatic rings. The van der Waals surface area contributed by atoms with Crippen molar-refractivity contribution in [3.63, 3.8) is 0 Å². The third-order valence-electron chi connectivity index (χ3n) is 3.61. The van der Waals surface area contributed by atoms with Gasteiger partial charge in [-0.3, -0.25) is 9.69 Å². The van der Waals surface area contributed by atoms with Crippen LogP contribution in [0.2, 0.25) is 0 Å². The van der Waals surface area contributed by atoms with Crippen molar-refractivity contribution in [2.45, 2.75) is 26.4 Å². The summed E-state index contributed by atoms with van der Waals surface area (Å²) in [6.07, 6.45) is 3.00. The highest BCUT2D eigenvalue weighted by Gasteiger charge is 2.16. The number of carbonyl (C=O) groups is 1. The average Bonchev–Trinajstić information content (AvgIpc) is 3.18. The number of rotatable bonds is 5. The Morgan fingerprint density at radius 1 is 1.39 bits per heavy atom. The summed E-state index contributed by atoms with van der Waals surface area (Å²) >= 11 is 0. The molecule has 23 heavy (non-hydrogen) atoms. The molecule has 1 fully saturated rings. The molecule has 124 valence electrons. The minimum Gasteiger partial charge on any atom is -0.467 e. The third kappa shape index (κ3) is 3.96. The van der Waals surface area contributed by atoms with Gasteiger partial charge in [-0.2, -0.15) is 9.90 Å². The maximum Gasteiger partial charge on any atom is 0.260 e. The fraction of sp³-hybridized carbons (Fsp3) is 0.533. The van der Waals surface area contributed by atoms with Crippen molar-refractivity contribution in [3.05, 3.63) is 29.9 Å². The van der Waals surface area contributed by atoms with Crippen molar-refractivity contribution >= 4 is 11.7 Å². The van der Waals surface area contributed by atoms with Gasteiger partial charge in [0.2, 0.25) is 0 Å². The Morgan fingerprint density at radius 2 is 2.17 bits per heavy atom. The van der Waals surface area contributed by atoms with Crippen molar-refractivity contribution in [1.82, 2.24) is 19.9 Å². The van der Waals surface area contributed by atoms with Gasteiger partial charge in [0.05, 0.1) is 37.6 Å². The van der Waals surface area contributed by atoms with Crippen molar-refractivity contribution < 1.29 is 13.9 Å². The summed E-state index contributed by atoms with van der Waals surface area (Å²) in [6, 6.07) is 1.91. The lowest BCUT2D eigenvalue weighted by molar-refractivity contribution is 0.0313. The molecule has 0 aliphatic carbocycles. The van der Waals surface area contributed by atoms with E-state index in [1.807, 2.05) is 13.8 Å². The predicted molar refractivity (Wildman–Crippen MR) is 83.2 cm³/mol. The minimum atomic E-state index is -0.252. The molecule has 1 saturated heterocycles. The smallest absolute Gasteiger partial charge is 0.260 e. The molecule has 0 saturated carbocycles. The molecule has 0 radical (unpaired) electrons. The second-order valence-electron chi connectivity index (χ2n) is 5.79. The molecule has 3 rings (SSSR count). The summed E-state index contributed by atoms with van der Waals surface area (Å²) in [5, 5.41) is 11.0. The lowest BCUT2D eigenvalue weighted by atomic mass is 10.2. The molecule has 8 nitrogen and oxygen atoms in total. The fourth-order valence-electron chi connectivity index (χ4n) is 2.33. The maximum atomic E-state index is 12.2. The van der Waals surface area contributed by atoms with Crippen LogP contribution < -0.4 is 5.32 Å². The van der Waals surface area contributed by atoms with Gasteiger partial charge in [0.15, 0.2) is 5.82 Å². The number of furan rings is 1. The Labute approximate surface area is 134 Å². The Kier molecular flexibility index (Phi) is 4.73. The topological polar surface area (TPSA) is 85.4 Å². The summed E-state index contributed by atoms with van der Waals surface area (Å²) in [7, 11) is 0. The van der Waals surface area contributed by atoms with Crippen LogP contribution in [0.5, 0.6) is 0 Å². The van der Waals surface area contributed by atoms with E-state index >= 15 is 0 Å². The molecule has 0 atom stereocenters. The van der Waals surface area contributed by atoms with Gasteiger partial charge < -0.3 is 14.5 Å². The molecule has 0 bridgehead atoms. The number of nitrogens with one attached hydrogen (secondary N) is 1. The molecule has 2 aromatic heterocycles. The number of aromatic nitrogens is 3. The number of hydrogen-bond acceptors (Lipinski definition) is 6. The van der Waals surface area contributed by atoms with Crippen LogP contribution in [0.3, 0.4) is 0 Å². The van der Waals surface area contributed by atoms with Crippen LogP contribution in [0.1, 0.15) is 36.0 Å². The van der Waals surface area contributed by atoms with Crippen LogP contribution in [0, 0.1) is 0 Å². The van der Waals surface area contributed by atoms with E-state index in [2.05, 4.69) is 20.4 Å². The number of amides is 1. The van der Waals surface area contributed by atoms with Gasteiger partial charge in [-0.1, -0.05) is 0 Å². The minimum absolute atomic E-state index is 0.148. The van der Waals surface area contributed by atoms with Gasteiger partial charge in [-0.05, 0) is 19.9 Å². The summed E-state index contributed by atoms with van der Waals surface area (Å²) in [4.78, 5) is 16.0. The van der Waals surface area contributed by atoms with E-state index in [0.29, 0.717) is 17.9 Å². The summed E-state index contributed by atoms with van der Waals surface area (Å²) < 4.78 is 10.8. The number of carbonyl (C=O) groups excluding carboxylic acids is 1. The Morgan fingerprint density at radius 3 is 2.87 bits per heavy atom. The Bertz CT molecular complexity index is 658.